The smallest absolute Gasteiger partial charge is 0.305 e. The van der Waals surface area contributed by atoms with Gasteiger partial charge in [-0.1, -0.05) is 6.07 Å². The first kappa shape index (κ1) is 12.6. The summed E-state index contributed by atoms with van der Waals surface area (Å²) in [7, 11) is 1.55. The molecule has 1 aromatic heterocycles. The molecule has 0 atom stereocenters. The number of aromatic amines is 1. The third-order valence-corrected chi connectivity index (χ3v) is 2.46. The number of hydrogen-bond donors (Lipinski definition) is 3. The van der Waals surface area contributed by atoms with Crippen molar-refractivity contribution in [1.82, 2.24) is 9.97 Å². The second kappa shape index (κ2) is 5.17. The number of hydrogen-bond acceptors (Lipinski definition) is 5. The molecular weight excluding hydrogens is 250 g/mol. The highest BCUT2D eigenvalue weighted by molar-refractivity contribution is 6.07. The second-order valence-electron chi connectivity index (χ2n) is 3.60. The van der Waals surface area contributed by atoms with Crippen LogP contribution in [0.2, 0.25) is 0 Å². The SMILES string of the molecule is CNc1cccc(C(=O)Nc2ncc[nH]2)c1[N+](=O)[O-]. The van der Waals surface area contributed by atoms with Gasteiger partial charge in [-0.3, -0.25) is 20.2 Å². The summed E-state index contributed by atoms with van der Waals surface area (Å²) in [4.78, 5) is 29.0. The number of rotatable bonds is 4. The van der Waals surface area contributed by atoms with Crippen LogP contribution < -0.4 is 10.6 Å². The Kier molecular flexibility index (Phi) is 3.42. The van der Waals surface area contributed by atoms with Crippen molar-refractivity contribution >= 4 is 23.2 Å². The van der Waals surface area contributed by atoms with E-state index in [4.69, 9.17) is 0 Å². The van der Waals surface area contributed by atoms with E-state index in [2.05, 4.69) is 20.6 Å². The summed E-state index contributed by atoms with van der Waals surface area (Å²) in [5.74, 6) is -0.368. The Bertz CT molecular complexity index is 609. The van der Waals surface area contributed by atoms with E-state index in [0.29, 0.717) is 0 Å². The maximum absolute atomic E-state index is 12.0. The number of H-pyrrole nitrogens is 1. The number of benzene rings is 1. The molecule has 3 N–H and O–H groups in total. The van der Waals surface area contributed by atoms with Crippen LogP contribution in [0.1, 0.15) is 10.4 Å². The molecule has 0 aliphatic rings. The van der Waals surface area contributed by atoms with Gasteiger partial charge in [0.1, 0.15) is 11.3 Å². The lowest BCUT2D eigenvalue weighted by Crippen LogP contribution is -2.15. The predicted octanol–water partition coefficient (Wildman–Crippen LogP) is 1.61. The van der Waals surface area contributed by atoms with Crippen molar-refractivity contribution in [2.75, 3.05) is 17.7 Å². The fourth-order valence-electron chi connectivity index (χ4n) is 1.63. The van der Waals surface area contributed by atoms with Gasteiger partial charge in [-0.05, 0) is 12.1 Å². The Morgan fingerprint density at radius 1 is 1.47 bits per heavy atom. The highest BCUT2D eigenvalue weighted by atomic mass is 16.6. The summed E-state index contributed by atoms with van der Waals surface area (Å²) in [6.07, 6.45) is 3.00. The van der Waals surface area contributed by atoms with E-state index < -0.39 is 10.8 Å². The molecule has 1 heterocycles. The number of nitro benzene ring substituents is 1. The van der Waals surface area contributed by atoms with Crippen LogP contribution in [0.15, 0.2) is 30.6 Å². The van der Waals surface area contributed by atoms with Crippen molar-refractivity contribution in [1.29, 1.82) is 0 Å². The minimum absolute atomic E-state index is 0.0340. The molecule has 98 valence electrons. The van der Waals surface area contributed by atoms with Gasteiger partial charge in [0.05, 0.1) is 4.92 Å². The molecule has 2 rings (SSSR count). The van der Waals surface area contributed by atoms with Crippen molar-refractivity contribution in [3.63, 3.8) is 0 Å². The van der Waals surface area contributed by atoms with Crippen molar-refractivity contribution in [3.8, 4) is 0 Å². The van der Waals surface area contributed by atoms with E-state index in [1.54, 1.807) is 13.1 Å². The van der Waals surface area contributed by atoms with Gasteiger partial charge >= 0.3 is 5.69 Å². The van der Waals surface area contributed by atoms with Gasteiger partial charge in [-0.15, -0.1) is 0 Å². The minimum Gasteiger partial charge on any atom is -0.383 e. The minimum atomic E-state index is -0.598. The zero-order valence-corrected chi connectivity index (χ0v) is 10.0. The first-order valence-electron chi connectivity index (χ1n) is 5.39. The van der Waals surface area contributed by atoms with Crippen LogP contribution in [0, 0.1) is 10.1 Å². The Morgan fingerprint density at radius 2 is 2.26 bits per heavy atom. The maximum atomic E-state index is 12.0. The number of para-hydroxylation sites is 1. The summed E-state index contributed by atoms with van der Waals surface area (Å²) in [5.41, 5.74) is -0.0283. The van der Waals surface area contributed by atoms with Crippen molar-refractivity contribution in [2.24, 2.45) is 0 Å². The van der Waals surface area contributed by atoms with Crippen molar-refractivity contribution < 1.29 is 9.72 Å². The molecule has 2 aromatic rings. The van der Waals surface area contributed by atoms with Crippen molar-refractivity contribution in [3.05, 3.63) is 46.3 Å². The number of amides is 1. The zero-order chi connectivity index (χ0) is 13.8. The van der Waals surface area contributed by atoms with Gasteiger partial charge < -0.3 is 10.3 Å². The summed E-state index contributed by atoms with van der Waals surface area (Å²) >= 11 is 0. The van der Waals surface area contributed by atoms with Crippen LogP contribution in [0.3, 0.4) is 0 Å². The number of carbonyl (C=O) groups is 1. The third kappa shape index (κ3) is 2.51. The van der Waals surface area contributed by atoms with E-state index >= 15 is 0 Å². The van der Waals surface area contributed by atoms with E-state index in [1.807, 2.05) is 0 Å². The summed E-state index contributed by atoms with van der Waals surface area (Å²) in [6.45, 7) is 0. The van der Waals surface area contributed by atoms with Gasteiger partial charge in [0.25, 0.3) is 5.91 Å². The summed E-state index contributed by atoms with van der Waals surface area (Å²) in [5, 5.41) is 16.2. The normalized spacial score (nSPS) is 9.95. The topological polar surface area (TPSA) is 113 Å². The molecule has 0 radical (unpaired) electrons. The molecule has 19 heavy (non-hydrogen) atoms. The average molecular weight is 261 g/mol. The molecule has 8 heteroatoms. The Morgan fingerprint density at radius 3 is 2.84 bits per heavy atom. The lowest BCUT2D eigenvalue weighted by Gasteiger charge is -2.07. The molecule has 1 amide bonds. The first-order chi connectivity index (χ1) is 9.13. The van der Waals surface area contributed by atoms with Gasteiger partial charge in [0, 0.05) is 19.4 Å². The Balaban J connectivity index is 2.38. The standard InChI is InChI=1S/C11H11N5O3/c1-12-8-4-2-3-7(9(8)16(18)19)10(17)15-11-13-5-6-14-11/h2-6,12H,1H3,(H2,13,14,15,17). The number of carbonyl (C=O) groups excluding carboxylic acids is 1. The number of aromatic nitrogens is 2. The second-order valence-corrected chi connectivity index (χ2v) is 3.60. The maximum Gasteiger partial charge on any atom is 0.305 e. The Labute approximate surface area is 108 Å². The predicted molar refractivity (Wildman–Crippen MR) is 69.2 cm³/mol. The van der Waals surface area contributed by atoms with Gasteiger partial charge in [-0.2, -0.15) is 0 Å². The molecular formula is C11H11N5O3. The number of nitrogens with zero attached hydrogens (tertiary/aromatic N) is 2. The molecule has 8 nitrogen and oxygen atoms in total. The molecule has 0 bridgehead atoms. The highest BCUT2D eigenvalue weighted by Gasteiger charge is 2.24. The fraction of sp³-hybridized carbons (Fsp3) is 0.0909. The van der Waals surface area contributed by atoms with E-state index in [-0.39, 0.29) is 22.9 Å². The number of nitrogens with one attached hydrogen (secondary N) is 3. The van der Waals surface area contributed by atoms with Crippen LogP contribution in [0.4, 0.5) is 17.3 Å². The highest BCUT2D eigenvalue weighted by Crippen LogP contribution is 2.28. The fourth-order valence-corrected chi connectivity index (χ4v) is 1.63. The van der Waals surface area contributed by atoms with E-state index in [1.165, 1.54) is 24.5 Å². The summed E-state index contributed by atoms with van der Waals surface area (Å²) < 4.78 is 0. The van der Waals surface area contributed by atoms with Crippen LogP contribution in [-0.2, 0) is 0 Å². The summed E-state index contributed by atoms with van der Waals surface area (Å²) in [6, 6.07) is 4.48. The number of anilines is 2. The molecule has 0 aliphatic heterocycles. The quantitative estimate of drug-likeness (QED) is 0.571. The molecule has 1 aromatic carbocycles. The third-order valence-electron chi connectivity index (χ3n) is 2.46. The zero-order valence-electron chi connectivity index (χ0n) is 10.0. The molecule has 0 unspecified atom stereocenters. The van der Waals surface area contributed by atoms with Gasteiger partial charge in [0.2, 0.25) is 5.95 Å². The molecule has 0 spiro atoms. The average Bonchev–Trinajstić information content (AvgIpc) is 2.90. The molecule has 0 saturated carbocycles. The lowest BCUT2D eigenvalue weighted by atomic mass is 10.1. The van der Waals surface area contributed by atoms with Gasteiger partial charge in [0.15, 0.2) is 0 Å². The van der Waals surface area contributed by atoms with Crippen molar-refractivity contribution in [2.45, 2.75) is 0 Å². The number of nitro groups is 1. The van der Waals surface area contributed by atoms with E-state index in [0.717, 1.165) is 0 Å². The van der Waals surface area contributed by atoms with Crippen LogP contribution >= 0.6 is 0 Å². The van der Waals surface area contributed by atoms with Crippen LogP contribution in [0.5, 0.6) is 0 Å². The van der Waals surface area contributed by atoms with E-state index in [9.17, 15) is 14.9 Å². The molecule has 0 fully saturated rings. The largest absolute Gasteiger partial charge is 0.383 e. The molecule has 0 aliphatic carbocycles. The lowest BCUT2D eigenvalue weighted by molar-refractivity contribution is -0.384. The first-order valence-corrected chi connectivity index (χ1v) is 5.39. The van der Waals surface area contributed by atoms with Crippen LogP contribution in [-0.4, -0.2) is 27.8 Å². The monoisotopic (exact) mass is 261 g/mol. The molecule has 0 saturated heterocycles. The number of imidazole rings is 1. The Hall–Kier alpha value is -2.90. The van der Waals surface area contributed by atoms with Gasteiger partial charge in [-0.25, -0.2) is 4.98 Å². The van der Waals surface area contributed by atoms with Crippen LogP contribution in [0.25, 0.3) is 0 Å².